The minimum atomic E-state index is -0.278. The van der Waals surface area contributed by atoms with Gasteiger partial charge in [-0.15, -0.1) is 0 Å². The van der Waals surface area contributed by atoms with Crippen LogP contribution in [0.2, 0.25) is 0 Å². The SMILES string of the molecule is Cc1nn(CCCCCN)c2c1CN(c1nc(-c3ccc(F)cc3)nc3c1cnn3C)CC2. The summed E-state index contributed by atoms with van der Waals surface area (Å²) in [7, 11) is 1.88. The molecule has 172 valence electrons. The number of aromatic nitrogens is 6. The number of nitrogens with zero attached hydrogens (tertiary/aromatic N) is 7. The largest absolute Gasteiger partial charge is 0.351 e. The number of nitrogens with two attached hydrogens (primary N) is 1. The van der Waals surface area contributed by atoms with Gasteiger partial charge in [0.25, 0.3) is 0 Å². The number of unbranched alkanes of at least 4 members (excludes halogenated alkanes) is 2. The maximum absolute atomic E-state index is 13.5. The highest BCUT2D eigenvalue weighted by molar-refractivity contribution is 5.88. The van der Waals surface area contributed by atoms with Crippen LogP contribution in [-0.4, -0.2) is 42.6 Å². The van der Waals surface area contributed by atoms with E-state index in [4.69, 9.17) is 20.8 Å². The topological polar surface area (TPSA) is 90.7 Å². The lowest BCUT2D eigenvalue weighted by Crippen LogP contribution is -2.32. The summed E-state index contributed by atoms with van der Waals surface area (Å²) in [6.45, 7) is 5.35. The lowest BCUT2D eigenvalue weighted by molar-refractivity contribution is 0.519. The molecule has 2 N–H and O–H groups in total. The Morgan fingerprint density at radius 2 is 1.91 bits per heavy atom. The maximum atomic E-state index is 13.5. The first kappa shape index (κ1) is 21.5. The molecule has 1 aliphatic rings. The molecule has 0 amide bonds. The smallest absolute Gasteiger partial charge is 0.163 e. The summed E-state index contributed by atoms with van der Waals surface area (Å²) in [5.74, 6) is 1.15. The van der Waals surface area contributed by atoms with Crippen LogP contribution in [0.3, 0.4) is 0 Å². The van der Waals surface area contributed by atoms with E-state index in [0.717, 1.165) is 80.0 Å². The Hall–Kier alpha value is -3.33. The van der Waals surface area contributed by atoms with Crippen molar-refractivity contribution in [1.29, 1.82) is 0 Å². The number of anilines is 1. The van der Waals surface area contributed by atoms with Gasteiger partial charge in [0.05, 0.1) is 17.3 Å². The van der Waals surface area contributed by atoms with Crippen LogP contribution in [0.1, 0.15) is 36.2 Å². The summed E-state index contributed by atoms with van der Waals surface area (Å²) in [4.78, 5) is 11.9. The lowest BCUT2D eigenvalue weighted by Gasteiger charge is -2.29. The van der Waals surface area contributed by atoms with Crippen molar-refractivity contribution in [2.75, 3.05) is 18.0 Å². The summed E-state index contributed by atoms with van der Waals surface area (Å²) in [5, 5.41) is 10.2. The van der Waals surface area contributed by atoms with E-state index in [2.05, 4.69) is 21.6 Å². The standard InChI is InChI=1S/C24H29FN8/c1-16-20-15-32(13-10-21(20)33(30-16)12-5-3-4-11-26)24-19-14-27-31(2)23(19)28-22(29-24)17-6-8-18(25)9-7-17/h6-9,14H,3-5,10-13,15,26H2,1-2H3. The van der Waals surface area contributed by atoms with Crippen molar-refractivity contribution in [1.82, 2.24) is 29.5 Å². The number of hydrogen-bond donors (Lipinski definition) is 1. The number of hydrogen-bond acceptors (Lipinski definition) is 6. The van der Waals surface area contributed by atoms with Gasteiger partial charge in [-0.1, -0.05) is 6.42 Å². The average Bonchev–Trinajstić information content (AvgIpc) is 3.36. The second-order valence-electron chi connectivity index (χ2n) is 8.64. The third-order valence-electron chi connectivity index (χ3n) is 6.38. The second kappa shape index (κ2) is 8.90. The van der Waals surface area contributed by atoms with E-state index in [1.54, 1.807) is 16.8 Å². The predicted molar refractivity (Wildman–Crippen MR) is 126 cm³/mol. The number of benzene rings is 1. The van der Waals surface area contributed by atoms with Gasteiger partial charge in [0.15, 0.2) is 11.5 Å². The minimum Gasteiger partial charge on any atom is -0.351 e. The molecular weight excluding hydrogens is 419 g/mol. The van der Waals surface area contributed by atoms with Gasteiger partial charge < -0.3 is 10.6 Å². The van der Waals surface area contributed by atoms with E-state index in [0.29, 0.717) is 5.82 Å². The normalized spacial score (nSPS) is 13.6. The minimum absolute atomic E-state index is 0.278. The second-order valence-corrected chi connectivity index (χ2v) is 8.64. The van der Waals surface area contributed by atoms with Crippen molar-refractivity contribution in [2.24, 2.45) is 12.8 Å². The van der Waals surface area contributed by atoms with E-state index in [1.165, 1.54) is 23.4 Å². The Morgan fingerprint density at radius 3 is 2.70 bits per heavy atom. The Labute approximate surface area is 192 Å². The van der Waals surface area contributed by atoms with E-state index in [9.17, 15) is 4.39 Å². The number of aryl methyl sites for hydroxylation is 3. The van der Waals surface area contributed by atoms with E-state index in [1.807, 2.05) is 13.2 Å². The molecular formula is C24H29FN8. The van der Waals surface area contributed by atoms with Crippen molar-refractivity contribution in [2.45, 2.75) is 45.7 Å². The van der Waals surface area contributed by atoms with Crippen molar-refractivity contribution >= 4 is 16.9 Å². The molecule has 0 saturated carbocycles. The first-order valence-electron chi connectivity index (χ1n) is 11.5. The fraction of sp³-hybridized carbons (Fsp3) is 0.417. The van der Waals surface area contributed by atoms with Gasteiger partial charge >= 0.3 is 0 Å². The summed E-state index contributed by atoms with van der Waals surface area (Å²) >= 11 is 0. The summed E-state index contributed by atoms with van der Waals surface area (Å²) in [6, 6.07) is 6.29. The highest BCUT2D eigenvalue weighted by atomic mass is 19.1. The molecule has 0 aliphatic carbocycles. The van der Waals surface area contributed by atoms with Crippen LogP contribution in [0, 0.1) is 12.7 Å². The van der Waals surface area contributed by atoms with Crippen molar-refractivity contribution in [3.05, 3.63) is 53.2 Å². The lowest BCUT2D eigenvalue weighted by atomic mass is 10.0. The van der Waals surface area contributed by atoms with Crippen molar-refractivity contribution in [3.63, 3.8) is 0 Å². The van der Waals surface area contributed by atoms with E-state index < -0.39 is 0 Å². The van der Waals surface area contributed by atoms with Crippen LogP contribution in [0.25, 0.3) is 22.4 Å². The molecule has 33 heavy (non-hydrogen) atoms. The Bertz CT molecular complexity index is 1270. The van der Waals surface area contributed by atoms with Gasteiger partial charge in [0.2, 0.25) is 0 Å². The molecule has 1 aliphatic heterocycles. The van der Waals surface area contributed by atoms with Crippen molar-refractivity contribution in [3.8, 4) is 11.4 Å². The van der Waals surface area contributed by atoms with Gasteiger partial charge in [-0.05, 0) is 50.6 Å². The molecule has 4 heterocycles. The Kier molecular flexibility index (Phi) is 5.80. The van der Waals surface area contributed by atoms with Gasteiger partial charge in [0.1, 0.15) is 11.6 Å². The third-order valence-corrected chi connectivity index (χ3v) is 6.38. The maximum Gasteiger partial charge on any atom is 0.163 e. The highest BCUT2D eigenvalue weighted by Gasteiger charge is 2.26. The summed E-state index contributed by atoms with van der Waals surface area (Å²) in [6.07, 6.45) is 6.01. The molecule has 0 bridgehead atoms. The van der Waals surface area contributed by atoms with Crippen LogP contribution >= 0.6 is 0 Å². The van der Waals surface area contributed by atoms with Crippen LogP contribution in [0.15, 0.2) is 30.5 Å². The van der Waals surface area contributed by atoms with Gasteiger partial charge in [-0.25, -0.2) is 14.4 Å². The molecule has 1 aromatic carbocycles. The molecule has 0 spiro atoms. The zero-order valence-electron chi connectivity index (χ0n) is 19.1. The summed E-state index contributed by atoms with van der Waals surface area (Å²) < 4.78 is 17.4. The van der Waals surface area contributed by atoms with Crippen molar-refractivity contribution < 1.29 is 4.39 Å². The first-order chi connectivity index (χ1) is 16.0. The van der Waals surface area contributed by atoms with Gasteiger partial charge in [0, 0.05) is 49.9 Å². The molecule has 9 heteroatoms. The van der Waals surface area contributed by atoms with Crippen LogP contribution in [-0.2, 0) is 26.6 Å². The first-order valence-corrected chi connectivity index (χ1v) is 11.5. The zero-order valence-corrected chi connectivity index (χ0v) is 19.1. The molecule has 3 aromatic heterocycles. The summed E-state index contributed by atoms with van der Waals surface area (Å²) in [5.41, 5.74) is 10.8. The molecule has 0 saturated heterocycles. The quantitative estimate of drug-likeness (QED) is 0.436. The molecule has 4 aromatic rings. The van der Waals surface area contributed by atoms with Crippen LogP contribution < -0.4 is 10.6 Å². The van der Waals surface area contributed by atoms with Gasteiger partial charge in [-0.3, -0.25) is 9.36 Å². The molecule has 0 atom stereocenters. The van der Waals surface area contributed by atoms with Crippen LogP contribution in [0.5, 0.6) is 0 Å². The van der Waals surface area contributed by atoms with Crippen LogP contribution in [0.4, 0.5) is 10.2 Å². The molecule has 0 radical (unpaired) electrons. The fourth-order valence-corrected chi connectivity index (χ4v) is 4.59. The zero-order chi connectivity index (χ0) is 22.9. The highest BCUT2D eigenvalue weighted by Crippen LogP contribution is 2.32. The average molecular weight is 449 g/mol. The molecule has 0 fully saturated rings. The number of fused-ring (bicyclic) bond motifs is 2. The monoisotopic (exact) mass is 448 g/mol. The molecule has 5 rings (SSSR count). The predicted octanol–water partition coefficient (Wildman–Crippen LogP) is 3.37. The molecule has 8 nitrogen and oxygen atoms in total. The molecule has 0 unspecified atom stereocenters. The van der Waals surface area contributed by atoms with E-state index >= 15 is 0 Å². The third kappa shape index (κ3) is 4.08. The Balaban J connectivity index is 1.48. The number of halogens is 1. The van der Waals surface area contributed by atoms with Gasteiger partial charge in [-0.2, -0.15) is 10.2 Å². The fourth-order valence-electron chi connectivity index (χ4n) is 4.59. The number of rotatable bonds is 7. The van der Waals surface area contributed by atoms with E-state index in [-0.39, 0.29) is 5.82 Å². The Morgan fingerprint density at radius 1 is 1.09 bits per heavy atom.